The smallest absolute Gasteiger partial charge is 0.292 e. The molecule has 4 rings (SSSR count). The molecule has 1 aliphatic heterocycles. The molecule has 3 heterocycles. The van der Waals surface area contributed by atoms with Gasteiger partial charge in [0.2, 0.25) is 5.91 Å². The van der Waals surface area contributed by atoms with E-state index in [4.69, 9.17) is 0 Å². The van der Waals surface area contributed by atoms with Gasteiger partial charge in [0.15, 0.2) is 0 Å². The maximum Gasteiger partial charge on any atom is 0.292 e. The van der Waals surface area contributed by atoms with Crippen molar-refractivity contribution in [2.24, 2.45) is 18.9 Å². The first-order valence-corrected chi connectivity index (χ1v) is 9.49. The number of nitrogens with zero attached hydrogens (tertiary/aromatic N) is 3. The Kier molecular flexibility index (Phi) is 4.25. The average Bonchev–Trinajstić information content (AvgIpc) is 2.99. The number of carbonyl (C=O) groups excluding carboxylic acids is 1. The molecule has 2 fully saturated rings. The quantitative estimate of drug-likeness (QED) is 0.894. The van der Waals surface area contributed by atoms with Crippen molar-refractivity contribution < 1.29 is 18.7 Å². The number of aliphatic hydroxyl groups is 1. The first kappa shape index (κ1) is 18.3. The number of fused-ring (bicyclic) bond motifs is 1. The molecule has 1 N–H and O–H groups in total. The maximum atomic E-state index is 15.1. The van der Waals surface area contributed by atoms with Crippen LogP contribution in [0.4, 0.5) is 8.78 Å². The number of piperidine rings is 1. The minimum atomic E-state index is -3.02. The fraction of sp³-hybridized carbons (Fsp3) is 0.600. The minimum absolute atomic E-state index is 0.00773. The predicted molar refractivity (Wildman–Crippen MR) is 97.3 cm³/mol. The van der Waals surface area contributed by atoms with Crippen molar-refractivity contribution in [1.29, 1.82) is 0 Å². The maximum absolute atomic E-state index is 15.1. The highest BCUT2D eigenvalue weighted by molar-refractivity contribution is 5.80. The predicted octanol–water partition coefficient (Wildman–Crippen LogP) is 3.06. The number of rotatable bonds is 3. The minimum Gasteiger partial charge on any atom is -0.390 e. The Bertz CT molecular complexity index is 861. The van der Waals surface area contributed by atoms with E-state index in [1.54, 1.807) is 29.5 Å². The lowest BCUT2D eigenvalue weighted by atomic mass is 9.71. The number of amides is 1. The van der Waals surface area contributed by atoms with Crippen molar-refractivity contribution in [2.75, 3.05) is 13.1 Å². The molecule has 0 spiro atoms. The van der Waals surface area contributed by atoms with Gasteiger partial charge in [-0.15, -0.1) is 0 Å². The van der Waals surface area contributed by atoms with Gasteiger partial charge in [-0.1, -0.05) is 0 Å². The number of aryl methyl sites for hydroxylation is 1. The number of hydrogen-bond donors (Lipinski definition) is 1. The number of pyridine rings is 1. The Morgan fingerprint density at radius 2 is 1.93 bits per heavy atom. The van der Waals surface area contributed by atoms with Crippen molar-refractivity contribution in [3.05, 3.63) is 30.1 Å². The molecule has 7 heteroatoms. The Hall–Kier alpha value is -2.02. The zero-order chi connectivity index (χ0) is 19.4. The Labute approximate surface area is 157 Å². The monoisotopic (exact) mass is 377 g/mol. The summed E-state index contributed by atoms with van der Waals surface area (Å²) in [7, 11) is 1.79. The topological polar surface area (TPSA) is 58.4 Å². The lowest BCUT2D eigenvalue weighted by Crippen LogP contribution is -2.51. The van der Waals surface area contributed by atoms with E-state index in [1.807, 2.05) is 12.3 Å². The van der Waals surface area contributed by atoms with Crippen LogP contribution in [0.3, 0.4) is 0 Å². The van der Waals surface area contributed by atoms with Gasteiger partial charge in [0.25, 0.3) is 5.92 Å². The van der Waals surface area contributed by atoms with Crippen LogP contribution >= 0.6 is 0 Å². The zero-order valence-corrected chi connectivity index (χ0v) is 15.7. The van der Waals surface area contributed by atoms with Gasteiger partial charge in [0, 0.05) is 43.6 Å². The van der Waals surface area contributed by atoms with Crippen LogP contribution in [0.2, 0.25) is 0 Å². The average molecular weight is 377 g/mol. The summed E-state index contributed by atoms with van der Waals surface area (Å²) in [4.78, 5) is 18.3. The van der Waals surface area contributed by atoms with Gasteiger partial charge in [0.1, 0.15) is 11.3 Å². The van der Waals surface area contributed by atoms with Crippen LogP contribution in [0.15, 0.2) is 24.4 Å². The summed E-state index contributed by atoms with van der Waals surface area (Å²) in [5.74, 6) is -4.02. The summed E-state index contributed by atoms with van der Waals surface area (Å²) in [5, 5.41) is 10.6. The normalized spacial score (nSPS) is 27.0. The fourth-order valence-corrected chi connectivity index (χ4v) is 4.43. The molecule has 2 aromatic heterocycles. The summed E-state index contributed by atoms with van der Waals surface area (Å²) in [6.45, 7) is 2.40. The molecule has 146 valence electrons. The summed E-state index contributed by atoms with van der Waals surface area (Å²) in [5.41, 5.74) is -0.402. The first-order chi connectivity index (χ1) is 12.7. The second-order valence-electron chi connectivity index (χ2n) is 8.36. The van der Waals surface area contributed by atoms with Crippen molar-refractivity contribution in [3.8, 4) is 0 Å². The molecule has 1 saturated carbocycles. The van der Waals surface area contributed by atoms with Crippen LogP contribution in [-0.2, 0) is 17.8 Å². The molecule has 0 aromatic carbocycles. The third kappa shape index (κ3) is 3.22. The number of halogens is 2. The molecular formula is C20H25F2N3O2. The van der Waals surface area contributed by atoms with E-state index in [-0.39, 0.29) is 30.4 Å². The van der Waals surface area contributed by atoms with E-state index < -0.39 is 17.4 Å². The first-order valence-electron chi connectivity index (χ1n) is 9.49. The standard InChI is InChI=1S/C20H25F2N3O2/c1-19(27)11-14(12-19)18(26)25-9-6-15(7-10-25)20(21,22)16-4-3-13-5-8-24(2)17(13)23-16/h3-5,8,14-15,27H,6-7,9-12H2,1-2H3/t14-,19+. The second kappa shape index (κ2) is 6.26. The van der Waals surface area contributed by atoms with Gasteiger partial charge < -0.3 is 14.6 Å². The van der Waals surface area contributed by atoms with Crippen LogP contribution in [0.25, 0.3) is 11.0 Å². The SMILES string of the molecule is Cn1ccc2ccc(C(F)(F)C3CCN(C(=O)[C@H]4C[C@@](C)(O)C4)CC3)nc21. The van der Waals surface area contributed by atoms with Crippen molar-refractivity contribution in [2.45, 2.75) is 44.1 Å². The summed E-state index contributed by atoms with van der Waals surface area (Å²) >= 11 is 0. The van der Waals surface area contributed by atoms with E-state index >= 15 is 8.78 Å². The van der Waals surface area contributed by atoms with Crippen LogP contribution in [0, 0.1) is 11.8 Å². The molecular weight excluding hydrogens is 352 g/mol. The van der Waals surface area contributed by atoms with E-state index in [1.165, 1.54) is 6.07 Å². The van der Waals surface area contributed by atoms with Crippen LogP contribution in [0.1, 0.15) is 38.3 Å². The van der Waals surface area contributed by atoms with E-state index in [0.29, 0.717) is 31.6 Å². The third-order valence-corrected chi connectivity index (χ3v) is 6.10. The third-order valence-electron chi connectivity index (χ3n) is 6.10. The number of likely N-dealkylation sites (tertiary alicyclic amines) is 1. The molecule has 0 atom stereocenters. The highest BCUT2D eigenvalue weighted by Crippen LogP contribution is 2.43. The molecule has 1 amide bonds. The highest BCUT2D eigenvalue weighted by Gasteiger charge is 2.47. The Balaban J connectivity index is 1.43. The molecule has 1 aliphatic carbocycles. The summed E-state index contributed by atoms with van der Waals surface area (Å²) in [6, 6.07) is 4.95. The Morgan fingerprint density at radius 3 is 2.56 bits per heavy atom. The fourth-order valence-electron chi connectivity index (χ4n) is 4.43. The largest absolute Gasteiger partial charge is 0.390 e. The summed E-state index contributed by atoms with van der Waals surface area (Å²) < 4.78 is 31.9. The molecule has 0 bridgehead atoms. The number of aromatic nitrogens is 2. The highest BCUT2D eigenvalue weighted by atomic mass is 19.3. The zero-order valence-electron chi connectivity index (χ0n) is 15.7. The van der Waals surface area contributed by atoms with Crippen molar-refractivity contribution >= 4 is 16.9 Å². The van der Waals surface area contributed by atoms with Gasteiger partial charge in [-0.25, -0.2) is 4.98 Å². The van der Waals surface area contributed by atoms with Crippen LogP contribution in [-0.4, -0.2) is 44.2 Å². The molecule has 1 saturated heterocycles. The molecule has 2 aromatic rings. The van der Waals surface area contributed by atoms with Crippen molar-refractivity contribution in [1.82, 2.24) is 14.5 Å². The lowest BCUT2D eigenvalue weighted by molar-refractivity contribution is -0.154. The number of alkyl halides is 2. The van der Waals surface area contributed by atoms with E-state index in [9.17, 15) is 9.90 Å². The van der Waals surface area contributed by atoms with Crippen LogP contribution < -0.4 is 0 Å². The van der Waals surface area contributed by atoms with Crippen molar-refractivity contribution in [3.63, 3.8) is 0 Å². The molecule has 0 radical (unpaired) electrons. The Morgan fingerprint density at radius 1 is 1.26 bits per heavy atom. The van der Waals surface area contributed by atoms with E-state index in [0.717, 1.165) is 5.39 Å². The van der Waals surface area contributed by atoms with Crippen LogP contribution in [0.5, 0.6) is 0 Å². The molecule has 0 unspecified atom stereocenters. The van der Waals surface area contributed by atoms with Gasteiger partial charge in [-0.2, -0.15) is 8.78 Å². The van der Waals surface area contributed by atoms with Gasteiger partial charge in [0.05, 0.1) is 5.60 Å². The number of hydrogen-bond acceptors (Lipinski definition) is 3. The second-order valence-corrected chi connectivity index (χ2v) is 8.36. The van der Waals surface area contributed by atoms with Gasteiger partial charge >= 0.3 is 0 Å². The molecule has 2 aliphatic rings. The van der Waals surface area contributed by atoms with E-state index in [2.05, 4.69) is 4.98 Å². The molecule has 5 nitrogen and oxygen atoms in total. The number of carbonyl (C=O) groups is 1. The van der Waals surface area contributed by atoms with Gasteiger partial charge in [-0.05, 0) is 50.8 Å². The summed E-state index contributed by atoms with van der Waals surface area (Å²) in [6.07, 6.45) is 3.25. The van der Waals surface area contributed by atoms with Gasteiger partial charge in [-0.3, -0.25) is 4.79 Å². The molecule has 27 heavy (non-hydrogen) atoms. The lowest BCUT2D eigenvalue weighted by Gasteiger charge is -2.44.